The van der Waals surface area contributed by atoms with Gasteiger partial charge >= 0.3 is 0 Å². The van der Waals surface area contributed by atoms with Crippen LogP contribution in [0, 0.1) is 10.1 Å². The smallest absolute Gasteiger partial charge is 0.270 e. The Kier molecular flexibility index (Phi) is 6.45. The van der Waals surface area contributed by atoms with E-state index in [0.29, 0.717) is 19.4 Å². The summed E-state index contributed by atoms with van der Waals surface area (Å²) in [7, 11) is -3.87. The maximum atomic E-state index is 12.9. The summed E-state index contributed by atoms with van der Waals surface area (Å²) in [6.07, 6.45) is 2.38. The third-order valence-electron chi connectivity index (χ3n) is 4.11. The van der Waals surface area contributed by atoms with E-state index in [9.17, 15) is 23.3 Å². The second-order valence-corrected chi connectivity index (χ2v) is 7.75. The topological polar surface area (TPSA) is 136 Å². The van der Waals surface area contributed by atoms with Crippen molar-refractivity contribution in [3.8, 4) is 0 Å². The van der Waals surface area contributed by atoms with Crippen LogP contribution in [0.3, 0.4) is 0 Å². The number of hydrogen-bond acceptors (Lipinski definition) is 6. The molecule has 1 aromatic rings. The molecule has 1 aliphatic rings. The minimum atomic E-state index is -3.87. The van der Waals surface area contributed by atoms with Crippen LogP contribution in [0.2, 0.25) is 0 Å². The van der Waals surface area contributed by atoms with Gasteiger partial charge in [-0.1, -0.05) is 12.5 Å². The molecule has 2 rings (SSSR count). The molecule has 1 heterocycles. The zero-order valence-corrected chi connectivity index (χ0v) is 14.6. The molecule has 1 fully saturated rings. The minimum absolute atomic E-state index is 0.109. The highest BCUT2D eigenvalue weighted by molar-refractivity contribution is 7.89. The summed E-state index contributed by atoms with van der Waals surface area (Å²) in [5.74, 6) is -0.222. The van der Waals surface area contributed by atoms with Gasteiger partial charge in [-0.3, -0.25) is 14.9 Å². The van der Waals surface area contributed by atoms with Crippen molar-refractivity contribution < 1.29 is 18.1 Å². The van der Waals surface area contributed by atoms with E-state index in [1.807, 2.05) is 0 Å². The number of hydrogen-bond donors (Lipinski definition) is 2. The second-order valence-electron chi connectivity index (χ2n) is 5.86. The Morgan fingerprint density at radius 3 is 2.84 bits per heavy atom. The predicted octanol–water partition coefficient (Wildman–Crippen LogP) is 0.603. The SMILES string of the molecule is NCCC(=O)NCC1CCCCN1S(=O)(=O)c1cccc([N+](=O)[O-])c1. The van der Waals surface area contributed by atoms with Gasteiger partial charge in [0.05, 0.1) is 9.82 Å². The molecular formula is C15H22N4O5S. The van der Waals surface area contributed by atoms with Crippen molar-refractivity contribution in [2.75, 3.05) is 19.6 Å². The number of benzene rings is 1. The maximum Gasteiger partial charge on any atom is 0.270 e. The Labute approximate surface area is 146 Å². The van der Waals surface area contributed by atoms with Crippen molar-refractivity contribution in [1.29, 1.82) is 0 Å². The molecule has 25 heavy (non-hydrogen) atoms. The lowest BCUT2D eigenvalue weighted by Crippen LogP contribution is -2.49. The van der Waals surface area contributed by atoms with E-state index in [2.05, 4.69) is 5.32 Å². The molecular weight excluding hydrogens is 348 g/mol. The van der Waals surface area contributed by atoms with Gasteiger partial charge in [-0.15, -0.1) is 0 Å². The molecule has 9 nitrogen and oxygen atoms in total. The number of carbonyl (C=O) groups excluding carboxylic acids is 1. The fourth-order valence-corrected chi connectivity index (χ4v) is 4.57. The third kappa shape index (κ3) is 4.74. The molecule has 1 atom stereocenters. The first-order valence-corrected chi connectivity index (χ1v) is 9.53. The van der Waals surface area contributed by atoms with Gasteiger partial charge in [0.1, 0.15) is 0 Å². The first-order valence-electron chi connectivity index (χ1n) is 8.09. The standard InChI is InChI=1S/C15H22N4O5S/c16-8-7-15(20)17-11-13-4-1-2-9-18(13)25(23,24)14-6-3-5-12(10-14)19(21)22/h3,5-6,10,13H,1-2,4,7-9,11,16H2,(H,17,20). The highest BCUT2D eigenvalue weighted by Gasteiger charge is 2.34. The van der Waals surface area contributed by atoms with E-state index in [4.69, 9.17) is 5.73 Å². The van der Waals surface area contributed by atoms with Crippen molar-refractivity contribution in [2.24, 2.45) is 5.73 Å². The molecule has 0 bridgehead atoms. The molecule has 0 aromatic heterocycles. The summed E-state index contributed by atoms with van der Waals surface area (Å²) in [5.41, 5.74) is 5.05. The number of non-ortho nitro benzene ring substituents is 1. The van der Waals surface area contributed by atoms with Crippen LogP contribution in [-0.2, 0) is 14.8 Å². The second kappa shape index (κ2) is 8.37. The fourth-order valence-electron chi connectivity index (χ4n) is 2.84. The van der Waals surface area contributed by atoms with Crippen LogP contribution in [0.1, 0.15) is 25.7 Å². The average molecular weight is 370 g/mol. The van der Waals surface area contributed by atoms with Crippen LogP contribution < -0.4 is 11.1 Å². The molecule has 138 valence electrons. The van der Waals surface area contributed by atoms with Crippen LogP contribution in [0.5, 0.6) is 0 Å². The molecule has 1 aromatic carbocycles. The molecule has 3 N–H and O–H groups in total. The molecule has 0 radical (unpaired) electrons. The summed E-state index contributed by atoms with van der Waals surface area (Å²) in [4.78, 5) is 21.8. The lowest BCUT2D eigenvalue weighted by molar-refractivity contribution is -0.385. The quantitative estimate of drug-likeness (QED) is 0.533. The van der Waals surface area contributed by atoms with Crippen molar-refractivity contribution >= 4 is 21.6 Å². The van der Waals surface area contributed by atoms with Gasteiger partial charge in [-0.05, 0) is 18.9 Å². The van der Waals surface area contributed by atoms with E-state index in [1.165, 1.54) is 22.5 Å². The van der Waals surface area contributed by atoms with E-state index >= 15 is 0 Å². The lowest BCUT2D eigenvalue weighted by atomic mass is 10.1. The van der Waals surface area contributed by atoms with Gasteiger partial charge in [0.15, 0.2) is 0 Å². The highest BCUT2D eigenvalue weighted by atomic mass is 32.2. The number of nitro groups is 1. The number of rotatable bonds is 7. The normalized spacial score (nSPS) is 18.7. The first kappa shape index (κ1) is 19.3. The average Bonchev–Trinajstić information content (AvgIpc) is 2.60. The predicted molar refractivity (Wildman–Crippen MR) is 91.3 cm³/mol. The van der Waals surface area contributed by atoms with Crippen LogP contribution in [0.25, 0.3) is 0 Å². The number of carbonyl (C=O) groups is 1. The van der Waals surface area contributed by atoms with Gasteiger partial charge in [-0.25, -0.2) is 8.42 Å². The van der Waals surface area contributed by atoms with E-state index in [-0.39, 0.29) is 42.0 Å². The van der Waals surface area contributed by atoms with E-state index in [1.54, 1.807) is 0 Å². The van der Waals surface area contributed by atoms with Gasteiger partial charge in [0.2, 0.25) is 15.9 Å². The number of amides is 1. The molecule has 1 amide bonds. The Balaban J connectivity index is 2.21. The number of piperidine rings is 1. The fraction of sp³-hybridized carbons (Fsp3) is 0.533. The summed E-state index contributed by atoms with van der Waals surface area (Å²) in [5, 5.41) is 13.6. The van der Waals surface area contributed by atoms with Crippen molar-refractivity contribution in [3.63, 3.8) is 0 Å². The highest BCUT2D eigenvalue weighted by Crippen LogP contribution is 2.27. The van der Waals surface area contributed by atoms with Crippen LogP contribution in [0.15, 0.2) is 29.2 Å². The van der Waals surface area contributed by atoms with Gasteiger partial charge in [0.25, 0.3) is 5.69 Å². The minimum Gasteiger partial charge on any atom is -0.354 e. The Morgan fingerprint density at radius 1 is 1.40 bits per heavy atom. The van der Waals surface area contributed by atoms with Crippen LogP contribution >= 0.6 is 0 Å². The van der Waals surface area contributed by atoms with Crippen LogP contribution in [0.4, 0.5) is 5.69 Å². The Morgan fingerprint density at radius 2 is 2.16 bits per heavy atom. The van der Waals surface area contributed by atoms with Crippen molar-refractivity contribution in [1.82, 2.24) is 9.62 Å². The number of sulfonamides is 1. The van der Waals surface area contributed by atoms with Gasteiger partial charge in [0, 0.05) is 44.2 Å². The lowest BCUT2D eigenvalue weighted by Gasteiger charge is -2.34. The monoisotopic (exact) mass is 370 g/mol. The maximum absolute atomic E-state index is 12.9. The number of nitrogens with zero attached hydrogens (tertiary/aromatic N) is 2. The molecule has 0 saturated carbocycles. The third-order valence-corrected chi connectivity index (χ3v) is 6.06. The zero-order valence-electron chi connectivity index (χ0n) is 13.8. The number of nitrogens with two attached hydrogens (primary N) is 1. The first-order chi connectivity index (χ1) is 11.9. The van der Waals surface area contributed by atoms with E-state index < -0.39 is 14.9 Å². The molecule has 1 unspecified atom stereocenters. The van der Waals surface area contributed by atoms with Gasteiger partial charge < -0.3 is 11.1 Å². The molecule has 1 saturated heterocycles. The summed E-state index contributed by atoms with van der Waals surface area (Å²) >= 11 is 0. The summed E-state index contributed by atoms with van der Waals surface area (Å²) < 4.78 is 27.2. The van der Waals surface area contributed by atoms with E-state index in [0.717, 1.165) is 12.5 Å². The largest absolute Gasteiger partial charge is 0.354 e. The summed E-state index contributed by atoms with van der Waals surface area (Å²) in [6, 6.07) is 4.64. The van der Waals surface area contributed by atoms with Crippen molar-refractivity contribution in [3.05, 3.63) is 34.4 Å². The Hall–Kier alpha value is -2.04. The van der Waals surface area contributed by atoms with Gasteiger partial charge in [-0.2, -0.15) is 4.31 Å². The Bertz CT molecular complexity index is 737. The van der Waals surface area contributed by atoms with Crippen molar-refractivity contribution in [2.45, 2.75) is 36.6 Å². The number of nitrogens with one attached hydrogen (secondary N) is 1. The summed E-state index contributed by atoms with van der Waals surface area (Å²) in [6.45, 7) is 0.752. The number of nitro benzene ring substituents is 1. The zero-order chi connectivity index (χ0) is 18.4. The molecule has 10 heteroatoms. The molecule has 0 aliphatic carbocycles. The molecule has 0 spiro atoms. The molecule has 1 aliphatic heterocycles. The van der Waals surface area contributed by atoms with Crippen LogP contribution in [-0.4, -0.2) is 49.2 Å².